The predicted octanol–water partition coefficient (Wildman–Crippen LogP) is 4.77. The van der Waals surface area contributed by atoms with Crippen LogP contribution in [-0.4, -0.2) is 14.6 Å². The summed E-state index contributed by atoms with van der Waals surface area (Å²) in [4.78, 5) is 0. The zero-order valence-corrected chi connectivity index (χ0v) is 13.4. The number of fused-ring (bicyclic) bond motifs is 3. The van der Waals surface area contributed by atoms with Crippen LogP contribution in [-0.2, 0) is 6.61 Å². The molecule has 2 aromatic heterocycles. The summed E-state index contributed by atoms with van der Waals surface area (Å²) in [6.45, 7) is 0.351. The van der Waals surface area contributed by atoms with E-state index >= 15 is 0 Å². The molecule has 0 aliphatic rings. The van der Waals surface area contributed by atoms with Crippen molar-refractivity contribution in [2.45, 2.75) is 6.61 Å². The molecule has 0 aliphatic carbocycles. The van der Waals surface area contributed by atoms with Gasteiger partial charge >= 0.3 is 0 Å². The molecule has 0 unspecified atom stereocenters. The first kappa shape index (κ1) is 14.3. The van der Waals surface area contributed by atoms with Crippen LogP contribution >= 0.6 is 23.2 Å². The largest absolute Gasteiger partial charge is 0.488 e. The number of para-hydroxylation sites is 1. The van der Waals surface area contributed by atoms with E-state index in [1.807, 2.05) is 40.8 Å². The summed E-state index contributed by atoms with van der Waals surface area (Å²) in [5.41, 5.74) is 2.61. The lowest BCUT2D eigenvalue weighted by molar-refractivity contribution is 0.310. The van der Waals surface area contributed by atoms with Crippen molar-refractivity contribution in [2.75, 3.05) is 0 Å². The predicted molar refractivity (Wildman–Crippen MR) is 91.3 cm³/mol. The molecule has 0 spiro atoms. The first-order valence-corrected chi connectivity index (χ1v) is 7.76. The fraction of sp³-hybridized carbons (Fsp3) is 0.0588. The van der Waals surface area contributed by atoms with Crippen LogP contribution < -0.4 is 4.74 Å². The molecule has 0 atom stereocenters. The van der Waals surface area contributed by atoms with Gasteiger partial charge in [-0.05, 0) is 24.3 Å². The van der Waals surface area contributed by atoms with Crippen LogP contribution in [0.1, 0.15) is 5.56 Å². The van der Waals surface area contributed by atoms with Gasteiger partial charge in [-0.1, -0.05) is 41.4 Å². The first-order valence-electron chi connectivity index (χ1n) is 7.00. The Bertz CT molecular complexity index is 1010. The second-order valence-electron chi connectivity index (χ2n) is 5.11. The van der Waals surface area contributed by atoms with E-state index in [1.165, 1.54) is 0 Å². The lowest BCUT2D eigenvalue weighted by atomic mass is 10.2. The molecule has 6 heteroatoms. The summed E-state index contributed by atoms with van der Waals surface area (Å²) >= 11 is 12.1. The van der Waals surface area contributed by atoms with Crippen molar-refractivity contribution in [2.24, 2.45) is 0 Å². The van der Waals surface area contributed by atoms with Crippen LogP contribution in [0.4, 0.5) is 0 Å². The minimum absolute atomic E-state index is 0.351. The third kappa shape index (κ3) is 2.60. The minimum atomic E-state index is 0.351. The fourth-order valence-electron chi connectivity index (χ4n) is 2.53. The number of nitrogens with zero attached hydrogens (tertiary/aromatic N) is 3. The van der Waals surface area contributed by atoms with Gasteiger partial charge in [-0.15, -0.1) is 10.2 Å². The van der Waals surface area contributed by atoms with Crippen LogP contribution in [0, 0.1) is 0 Å². The number of hydrogen-bond acceptors (Lipinski definition) is 3. The van der Waals surface area contributed by atoms with Gasteiger partial charge in [0.15, 0.2) is 5.65 Å². The van der Waals surface area contributed by atoms with Crippen molar-refractivity contribution in [1.29, 1.82) is 0 Å². The fourth-order valence-corrected chi connectivity index (χ4v) is 2.99. The molecule has 0 bridgehead atoms. The number of ether oxygens (including phenoxy) is 1. The third-order valence-corrected chi connectivity index (χ3v) is 4.25. The molecular formula is C17H11Cl2N3O. The Labute approximate surface area is 142 Å². The van der Waals surface area contributed by atoms with E-state index < -0.39 is 0 Å². The molecule has 2 heterocycles. The van der Waals surface area contributed by atoms with Gasteiger partial charge in [0.1, 0.15) is 18.7 Å². The highest BCUT2D eigenvalue weighted by Gasteiger charge is 2.10. The van der Waals surface area contributed by atoms with E-state index in [-0.39, 0.29) is 0 Å². The van der Waals surface area contributed by atoms with Crippen LogP contribution in [0.5, 0.6) is 5.75 Å². The van der Waals surface area contributed by atoms with Crippen LogP contribution in [0.2, 0.25) is 10.0 Å². The summed E-state index contributed by atoms with van der Waals surface area (Å²) in [6, 6.07) is 15.2. The summed E-state index contributed by atoms with van der Waals surface area (Å²) in [5.74, 6) is 0.743. The summed E-state index contributed by atoms with van der Waals surface area (Å²) in [5, 5.41) is 10.2. The van der Waals surface area contributed by atoms with Crippen molar-refractivity contribution in [3.05, 3.63) is 70.5 Å². The number of aromatic nitrogens is 3. The van der Waals surface area contributed by atoms with Gasteiger partial charge in [-0.2, -0.15) is 0 Å². The lowest BCUT2D eigenvalue weighted by Gasteiger charge is -2.11. The number of halogens is 2. The molecule has 0 aliphatic heterocycles. The Morgan fingerprint density at radius 3 is 2.78 bits per heavy atom. The first-order chi connectivity index (χ1) is 11.2. The smallest absolute Gasteiger partial charge is 0.164 e. The van der Waals surface area contributed by atoms with Crippen molar-refractivity contribution in [3.8, 4) is 5.75 Å². The van der Waals surface area contributed by atoms with Gasteiger partial charge in [0.05, 0.1) is 5.52 Å². The lowest BCUT2D eigenvalue weighted by Crippen LogP contribution is -1.98. The molecule has 4 aromatic rings. The number of hydrogen-bond donors (Lipinski definition) is 0. The molecule has 2 aromatic carbocycles. The number of benzene rings is 2. The van der Waals surface area contributed by atoms with E-state index in [0.29, 0.717) is 16.7 Å². The minimum Gasteiger partial charge on any atom is -0.488 e. The van der Waals surface area contributed by atoms with Gasteiger partial charge in [-0.25, -0.2) is 0 Å². The van der Waals surface area contributed by atoms with Gasteiger partial charge in [0.25, 0.3) is 0 Å². The van der Waals surface area contributed by atoms with Crippen LogP contribution in [0.15, 0.2) is 54.9 Å². The van der Waals surface area contributed by atoms with E-state index in [4.69, 9.17) is 27.9 Å². The van der Waals surface area contributed by atoms with Gasteiger partial charge in [-0.3, -0.25) is 4.40 Å². The highest BCUT2D eigenvalue weighted by Crippen LogP contribution is 2.29. The Balaban J connectivity index is 1.75. The van der Waals surface area contributed by atoms with Crippen LogP contribution in [0.3, 0.4) is 0 Å². The monoisotopic (exact) mass is 343 g/mol. The Kier molecular flexibility index (Phi) is 3.56. The molecule has 0 N–H and O–H groups in total. The van der Waals surface area contributed by atoms with Crippen molar-refractivity contribution in [1.82, 2.24) is 14.6 Å². The van der Waals surface area contributed by atoms with Crippen LogP contribution in [0.25, 0.3) is 16.6 Å². The molecule has 4 rings (SSSR count). The zero-order valence-electron chi connectivity index (χ0n) is 11.9. The van der Waals surface area contributed by atoms with Crippen molar-refractivity contribution < 1.29 is 4.74 Å². The topological polar surface area (TPSA) is 39.4 Å². The van der Waals surface area contributed by atoms with Crippen molar-refractivity contribution in [3.63, 3.8) is 0 Å². The second kappa shape index (κ2) is 5.72. The zero-order chi connectivity index (χ0) is 15.8. The van der Waals surface area contributed by atoms with E-state index in [0.717, 1.165) is 27.9 Å². The highest BCUT2D eigenvalue weighted by molar-refractivity contribution is 6.35. The molecule has 0 saturated heterocycles. The number of pyridine rings is 1. The van der Waals surface area contributed by atoms with E-state index in [1.54, 1.807) is 18.5 Å². The highest BCUT2D eigenvalue weighted by atomic mass is 35.5. The second-order valence-corrected chi connectivity index (χ2v) is 5.95. The molecule has 4 nitrogen and oxygen atoms in total. The molecule has 114 valence electrons. The molecule has 23 heavy (non-hydrogen) atoms. The average molecular weight is 344 g/mol. The maximum Gasteiger partial charge on any atom is 0.164 e. The molecule has 0 radical (unpaired) electrons. The van der Waals surface area contributed by atoms with Gasteiger partial charge in [0, 0.05) is 27.1 Å². The summed E-state index contributed by atoms with van der Waals surface area (Å²) in [6.07, 6.45) is 1.69. The Hall–Kier alpha value is -2.30. The van der Waals surface area contributed by atoms with E-state index in [2.05, 4.69) is 10.2 Å². The summed E-state index contributed by atoms with van der Waals surface area (Å²) in [7, 11) is 0. The Morgan fingerprint density at radius 2 is 1.91 bits per heavy atom. The summed E-state index contributed by atoms with van der Waals surface area (Å²) < 4.78 is 7.92. The van der Waals surface area contributed by atoms with Gasteiger partial charge in [0.2, 0.25) is 0 Å². The molecular weight excluding hydrogens is 333 g/mol. The average Bonchev–Trinajstić information content (AvgIpc) is 3.02. The normalized spacial score (nSPS) is 11.2. The third-order valence-electron chi connectivity index (χ3n) is 3.66. The standard InChI is InChI=1S/C17H11Cl2N3O/c18-12-6-5-11(14(19)7-12)9-23-16-8-17-21-20-10-22(17)15-4-2-1-3-13(15)16/h1-8,10H,9H2. The maximum absolute atomic E-state index is 6.20. The SMILES string of the molecule is Clc1ccc(COc2cc3nncn3c3ccccc23)c(Cl)c1. The quantitative estimate of drug-likeness (QED) is 0.537. The van der Waals surface area contributed by atoms with Gasteiger partial charge < -0.3 is 4.74 Å². The van der Waals surface area contributed by atoms with E-state index in [9.17, 15) is 0 Å². The molecule has 0 amide bonds. The Morgan fingerprint density at radius 1 is 1.04 bits per heavy atom. The number of rotatable bonds is 3. The van der Waals surface area contributed by atoms with Crippen molar-refractivity contribution >= 4 is 39.8 Å². The maximum atomic E-state index is 6.20. The molecule has 0 fully saturated rings. The molecule has 0 saturated carbocycles.